The molecule has 0 aliphatic carbocycles. The van der Waals surface area contributed by atoms with Crippen molar-refractivity contribution < 1.29 is 0 Å². The second kappa shape index (κ2) is 5.36. The van der Waals surface area contributed by atoms with Gasteiger partial charge in [0.15, 0.2) is 0 Å². The van der Waals surface area contributed by atoms with Crippen LogP contribution in [0.3, 0.4) is 0 Å². The van der Waals surface area contributed by atoms with Crippen LogP contribution >= 0.6 is 104 Å². The summed E-state index contributed by atoms with van der Waals surface area (Å²) in [6, 6.07) is 0. The smallest absolute Gasteiger partial charge is 0.248 e. The van der Waals surface area contributed by atoms with Crippen molar-refractivity contribution in [3.8, 4) is 0 Å². The molecular formula is C5H2Cl9N3. The Balaban J connectivity index is 3.10. The lowest BCUT2D eigenvalue weighted by Gasteiger charge is -2.33. The van der Waals surface area contributed by atoms with Crippen LogP contribution in [0.4, 0.5) is 0 Å². The Kier molecular flexibility index (Phi) is 5.35. The third kappa shape index (κ3) is 4.45. The van der Waals surface area contributed by atoms with E-state index in [4.69, 9.17) is 104 Å². The highest BCUT2D eigenvalue weighted by Crippen LogP contribution is 2.46. The van der Waals surface area contributed by atoms with Gasteiger partial charge in [-0.15, -0.1) is 5.53 Å². The highest BCUT2D eigenvalue weighted by Gasteiger charge is 2.47. The first-order valence-electron chi connectivity index (χ1n) is 3.62. The maximum Gasteiger partial charge on any atom is 0.282 e. The van der Waals surface area contributed by atoms with Gasteiger partial charge in [-0.2, -0.15) is 0 Å². The van der Waals surface area contributed by atoms with E-state index in [2.05, 4.69) is 5.53 Å². The molecule has 0 atom stereocenters. The number of nitrogens with one attached hydrogen (secondary N) is 1. The van der Waals surface area contributed by atoms with E-state index >= 15 is 0 Å². The molecule has 12 heteroatoms. The molecule has 0 spiro atoms. The third-order valence-electron chi connectivity index (χ3n) is 1.52. The number of hydrogen-bond donors (Lipinski definition) is 1. The zero-order chi connectivity index (χ0) is 13.6. The molecule has 1 N–H and O–H groups in total. The summed E-state index contributed by atoms with van der Waals surface area (Å²) in [6.45, 7) is 0. The Morgan fingerprint density at radius 3 is 1.53 bits per heavy atom. The number of hydrazine groups is 2. The summed E-state index contributed by atoms with van der Waals surface area (Å²) >= 11 is 51.1. The predicted octanol–water partition coefficient (Wildman–Crippen LogP) is 4.89. The summed E-state index contributed by atoms with van der Waals surface area (Å²) in [5.41, 5.74) is 2.44. The van der Waals surface area contributed by atoms with Gasteiger partial charge in [0, 0.05) is 6.20 Å². The van der Waals surface area contributed by atoms with Crippen molar-refractivity contribution in [1.29, 1.82) is 0 Å². The number of nitrogens with zero attached hydrogens (tertiary/aromatic N) is 2. The third-order valence-corrected chi connectivity index (χ3v) is 3.15. The zero-order valence-corrected chi connectivity index (χ0v) is 14.2. The highest BCUT2D eigenvalue weighted by atomic mass is 35.6. The monoisotopic (exact) mass is 419 g/mol. The fraction of sp³-hybridized carbons (Fsp3) is 0.600. The molecule has 0 unspecified atom stereocenters. The number of halogens is 9. The average molecular weight is 423 g/mol. The molecule has 0 radical (unpaired) electrons. The summed E-state index contributed by atoms with van der Waals surface area (Å²) < 4.78 is -5.67. The van der Waals surface area contributed by atoms with Crippen LogP contribution < -0.4 is 5.53 Å². The lowest BCUT2D eigenvalue weighted by atomic mass is 10.5. The van der Waals surface area contributed by atoms with Crippen molar-refractivity contribution in [2.24, 2.45) is 0 Å². The first-order valence-corrected chi connectivity index (χ1v) is 7.02. The van der Waals surface area contributed by atoms with E-state index in [1.807, 2.05) is 0 Å². The molecule has 0 aromatic carbocycles. The van der Waals surface area contributed by atoms with Gasteiger partial charge < -0.3 is 0 Å². The van der Waals surface area contributed by atoms with Crippen molar-refractivity contribution in [1.82, 2.24) is 15.6 Å². The van der Waals surface area contributed by atoms with Crippen LogP contribution in [0.1, 0.15) is 0 Å². The van der Waals surface area contributed by atoms with Crippen molar-refractivity contribution in [3.05, 3.63) is 11.9 Å². The van der Waals surface area contributed by atoms with Gasteiger partial charge in [0.2, 0.25) is 3.79 Å². The molecule has 0 aromatic heterocycles. The molecule has 0 saturated heterocycles. The maximum atomic E-state index is 5.70. The number of alkyl halides is 9. The van der Waals surface area contributed by atoms with E-state index in [1.165, 1.54) is 6.20 Å². The quantitative estimate of drug-likeness (QED) is 0.442. The first kappa shape index (κ1) is 17.0. The van der Waals surface area contributed by atoms with E-state index in [1.54, 1.807) is 0 Å². The molecule has 0 saturated carbocycles. The topological polar surface area (TPSA) is 18.5 Å². The standard InChI is InChI=1S/C5H2Cl9N3/c6-3(7,8)2-1-16(4(9,10)11)15-17(2)5(12,13)14/h1,15H. The Labute approximate surface area is 142 Å². The predicted molar refractivity (Wildman–Crippen MR) is 75.8 cm³/mol. The van der Waals surface area contributed by atoms with Gasteiger partial charge in [-0.3, -0.25) is 0 Å². The SMILES string of the molecule is ClC(Cl)(Cl)C1=CN(C(Cl)(Cl)Cl)NN1C(Cl)(Cl)Cl. The molecule has 100 valence electrons. The van der Waals surface area contributed by atoms with Crippen LogP contribution in [0.15, 0.2) is 11.9 Å². The molecular weight excluding hydrogens is 421 g/mol. The summed E-state index contributed by atoms with van der Waals surface area (Å²) in [7, 11) is 0. The van der Waals surface area contributed by atoms with Gasteiger partial charge in [-0.1, -0.05) is 104 Å². The molecule has 0 amide bonds. The van der Waals surface area contributed by atoms with E-state index in [-0.39, 0.29) is 5.70 Å². The van der Waals surface area contributed by atoms with Gasteiger partial charge in [-0.25, -0.2) is 10.0 Å². The molecule has 1 aliphatic heterocycles. The van der Waals surface area contributed by atoms with E-state index in [0.717, 1.165) is 10.0 Å². The van der Waals surface area contributed by atoms with Gasteiger partial charge >= 0.3 is 0 Å². The minimum atomic E-state index is -1.94. The lowest BCUT2D eigenvalue weighted by molar-refractivity contribution is 0.123. The van der Waals surface area contributed by atoms with Crippen LogP contribution in [0.5, 0.6) is 0 Å². The summed E-state index contributed by atoms with van der Waals surface area (Å²) in [4.78, 5) is 0. The van der Waals surface area contributed by atoms with Crippen molar-refractivity contribution in [2.45, 2.75) is 11.6 Å². The van der Waals surface area contributed by atoms with Gasteiger partial charge in [0.05, 0.1) is 0 Å². The number of rotatable bonds is 0. The van der Waals surface area contributed by atoms with E-state index in [0.29, 0.717) is 0 Å². The summed E-state index contributed by atoms with van der Waals surface area (Å²) in [5.74, 6) is 0. The molecule has 1 rings (SSSR count). The van der Waals surface area contributed by atoms with Crippen molar-refractivity contribution in [2.75, 3.05) is 0 Å². The maximum absolute atomic E-state index is 5.70. The van der Waals surface area contributed by atoms with Gasteiger partial charge in [-0.05, 0) is 0 Å². The van der Waals surface area contributed by atoms with Crippen LogP contribution in [-0.2, 0) is 0 Å². The molecule has 0 aromatic rings. The Hall–Kier alpha value is 1.91. The summed E-state index contributed by atoms with van der Waals surface area (Å²) in [5, 5.41) is 1.91. The minimum absolute atomic E-state index is 0.0196. The van der Waals surface area contributed by atoms with Crippen LogP contribution in [0.25, 0.3) is 0 Å². The second-order valence-electron chi connectivity index (χ2n) is 2.75. The number of hydrogen-bond acceptors (Lipinski definition) is 3. The normalized spacial score (nSPS) is 18.8. The van der Waals surface area contributed by atoms with Crippen LogP contribution in [0, 0.1) is 0 Å². The number of allylic oxidation sites excluding steroid dienone is 1. The second-order valence-corrected chi connectivity index (χ2v) is 9.48. The van der Waals surface area contributed by atoms with E-state index < -0.39 is 11.6 Å². The van der Waals surface area contributed by atoms with Gasteiger partial charge in [0.1, 0.15) is 5.70 Å². The van der Waals surface area contributed by atoms with E-state index in [9.17, 15) is 0 Å². The first-order chi connectivity index (χ1) is 7.33. The molecule has 0 fully saturated rings. The van der Waals surface area contributed by atoms with Crippen molar-refractivity contribution >= 4 is 104 Å². The molecule has 0 bridgehead atoms. The molecule has 1 heterocycles. The van der Waals surface area contributed by atoms with Crippen LogP contribution in [-0.4, -0.2) is 21.6 Å². The zero-order valence-electron chi connectivity index (χ0n) is 7.37. The van der Waals surface area contributed by atoms with Crippen molar-refractivity contribution in [3.63, 3.8) is 0 Å². The Morgan fingerprint density at radius 2 is 1.29 bits per heavy atom. The summed E-state index contributed by atoms with van der Waals surface area (Å²) in [6.07, 6.45) is 1.20. The minimum Gasteiger partial charge on any atom is -0.248 e. The fourth-order valence-electron chi connectivity index (χ4n) is 0.894. The molecule has 3 nitrogen and oxygen atoms in total. The largest absolute Gasteiger partial charge is 0.282 e. The molecule has 1 aliphatic rings. The van der Waals surface area contributed by atoms with Crippen LogP contribution in [0.2, 0.25) is 0 Å². The average Bonchev–Trinajstić information content (AvgIpc) is 2.42. The fourth-order valence-corrected chi connectivity index (χ4v) is 1.94. The molecule has 17 heavy (non-hydrogen) atoms. The Morgan fingerprint density at radius 1 is 0.824 bits per heavy atom. The van der Waals surface area contributed by atoms with Gasteiger partial charge in [0.25, 0.3) is 7.83 Å². The highest BCUT2D eigenvalue weighted by molar-refractivity contribution is 6.70. The lowest BCUT2D eigenvalue weighted by Crippen LogP contribution is -2.51. The Bertz CT molecular complexity index is 323.